The van der Waals surface area contributed by atoms with E-state index in [2.05, 4.69) is 38.3 Å². The summed E-state index contributed by atoms with van der Waals surface area (Å²) >= 11 is 0. The number of halogens is 2. The number of amides is 1. The van der Waals surface area contributed by atoms with E-state index in [4.69, 9.17) is 10.5 Å². The molecule has 254 valence electrons. The smallest absolute Gasteiger partial charge is 0.245 e. The van der Waals surface area contributed by atoms with Crippen molar-refractivity contribution >= 4 is 58.4 Å². The molecule has 1 amide bonds. The molecule has 0 bridgehead atoms. The zero-order valence-corrected chi connectivity index (χ0v) is 29.5. The summed E-state index contributed by atoms with van der Waals surface area (Å²) in [6, 6.07) is 14.7. The lowest BCUT2D eigenvalue weighted by molar-refractivity contribution is -0.121. The second-order valence-electron chi connectivity index (χ2n) is 13.1. The average molecular weight is 683 g/mol. The highest BCUT2D eigenvalue weighted by molar-refractivity contribution is 7.02. The molecule has 49 heavy (non-hydrogen) atoms. The molecule has 2 aromatic heterocycles. The van der Waals surface area contributed by atoms with Crippen LogP contribution in [0.15, 0.2) is 60.9 Å². The summed E-state index contributed by atoms with van der Waals surface area (Å²) in [7, 11) is 4.95. The normalized spacial score (nSPS) is 13.1. The van der Waals surface area contributed by atoms with Gasteiger partial charge in [-0.25, -0.2) is 13.8 Å². The van der Waals surface area contributed by atoms with Crippen molar-refractivity contribution in [3.8, 4) is 5.88 Å². The third-order valence-electron chi connectivity index (χ3n) is 8.94. The molecule has 3 heterocycles. The van der Waals surface area contributed by atoms with Gasteiger partial charge in [0.15, 0.2) is 5.65 Å². The zero-order chi connectivity index (χ0) is 35.0. The van der Waals surface area contributed by atoms with Crippen LogP contribution in [0.25, 0.3) is 16.7 Å². The van der Waals surface area contributed by atoms with Crippen LogP contribution in [-0.2, 0) is 17.9 Å². The molecule has 3 aromatic carbocycles. The molecule has 1 aliphatic heterocycles. The van der Waals surface area contributed by atoms with Crippen molar-refractivity contribution < 1.29 is 18.3 Å². The highest BCUT2D eigenvalue weighted by atomic mass is 28.3. The largest absolute Gasteiger partial charge is 0.471 e. The number of hydrogen-bond acceptors (Lipinski definition) is 8. The minimum absolute atomic E-state index is 0.0795. The molecule has 0 saturated heterocycles. The molecule has 13 heteroatoms. The van der Waals surface area contributed by atoms with Gasteiger partial charge < -0.3 is 30.6 Å². The fourth-order valence-electron chi connectivity index (χ4n) is 6.27. The van der Waals surface area contributed by atoms with E-state index in [0.29, 0.717) is 41.4 Å². The van der Waals surface area contributed by atoms with Gasteiger partial charge in [0.25, 0.3) is 0 Å². The van der Waals surface area contributed by atoms with E-state index in [1.165, 1.54) is 6.33 Å². The van der Waals surface area contributed by atoms with E-state index in [-0.39, 0.29) is 36.5 Å². The van der Waals surface area contributed by atoms with Crippen molar-refractivity contribution in [2.75, 3.05) is 43.7 Å². The number of allylic oxidation sites excluding steroid dienone is 1. The number of nitrogens with zero attached hydrogens (tertiary/aromatic N) is 5. The maximum Gasteiger partial charge on any atom is 0.245 e. The van der Waals surface area contributed by atoms with Crippen LogP contribution in [-0.4, -0.2) is 62.1 Å². The molecule has 0 spiro atoms. The Balaban J connectivity index is 1.14. The Bertz CT molecular complexity index is 2010. The van der Waals surface area contributed by atoms with Gasteiger partial charge in [0.1, 0.15) is 31.8 Å². The Morgan fingerprint density at radius 1 is 0.939 bits per heavy atom. The number of rotatable bonds is 10. The summed E-state index contributed by atoms with van der Waals surface area (Å²) < 4.78 is 36.6. The van der Waals surface area contributed by atoms with Crippen molar-refractivity contribution in [2.24, 2.45) is 0 Å². The first-order valence-corrected chi connectivity index (χ1v) is 19.0. The first-order chi connectivity index (χ1) is 23.3. The van der Waals surface area contributed by atoms with Crippen LogP contribution in [0.2, 0.25) is 13.1 Å². The predicted molar refractivity (Wildman–Crippen MR) is 193 cm³/mol. The van der Waals surface area contributed by atoms with E-state index in [0.717, 1.165) is 38.2 Å². The van der Waals surface area contributed by atoms with Crippen LogP contribution in [0.4, 0.5) is 26.1 Å². The quantitative estimate of drug-likeness (QED) is 0.183. The lowest BCUT2D eigenvalue weighted by Gasteiger charge is -2.37. The number of hydrogen-bond donors (Lipinski definition) is 3. The number of benzene rings is 3. The summed E-state index contributed by atoms with van der Waals surface area (Å²) in [5.74, 6) is -0.390. The van der Waals surface area contributed by atoms with Gasteiger partial charge >= 0.3 is 0 Å². The minimum Gasteiger partial charge on any atom is -0.471 e. The maximum absolute atomic E-state index is 15.4. The lowest BCUT2D eigenvalue weighted by atomic mass is 9.94. The number of anilines is 3. The molecular weight excluding hydrogens is 643 g/mol. The summed E-state index contributed by atoms with van der Waals surface area (Å²) in [5.41, 5.74) is 11.9. The predicted octanol–water partition coefficient (Wildman–Crippen LogP) is 4.59. The fraction of sp³-hybridized carbons (Fsp3) is 0.278. The zero-order valence-electron chi connectivity index (χ0n) is 28.5. The van der Waals surface area contributed by atoms with Gasteiger partial charge in [-0.3, -0.25) is 4.79 Å². The number of aromatic nitrogens is 4. The second kappa shape index (κ2) is 13.3. The number of imidazole rings is 1. The van der Waals surface area contributed by atoms with Gasteiger partial charge in [-0.1, -0.05) is 43.4 Å². The average Bonchev–Trinajstić information content (AvgIpc) is 3.52. The Morgan fingerprint density at radius 3 is 2.12 bits per heavy atom. The number of nitrogens with two attached hydrogens (primary N) is 1. The number of ether oxygens (including phenoxy) is 1. The first kappa shape index (κ1) is 33.6. The second-order valence-corrected chi connectivity index (χ2v) is 17.5. The monoisotopic (exact) mass is 682 g/mol. The van der Waals surface area contributed by atoms with Gasteiger partial charge in [0, 0.05) is 41.2 Å². The number of H-pyrrole nitrogens is 1. The number of aromatic amines is 1. The molecule has 5 aromatic rings. The van der Waals surface area contributed by atoms with Crippen LogP contribution in [0.1, 0.15) is 35.1 Å². The molecule has 0 radical (unpaired) electrons. The van der Waals surface area contributed by atoms with Gasteiger partial charge in [-0.05, 0) is 68.9 Å². The SMILES string of the molecule is CN(C)c1cc2c(cc1F)C(=CCCC(=O)NCc1ccc(COc3nc(N)nc4nc[nH]c34)cc1)c1cc(F)c(N(C)C)cc1[Si]2(C)C. The lowest BCUT2D eigenvalue weighted by Crippen LogP contribution is -2.58. The minimum atomic E-state index is -2.35. The molecular formula is C36H40F2N8O2Si. The third-order valence-corrected chi connectivity index (χ3v) is 12.5. The topological polar surface area (TPSA) is 125 Å². The summed E-state index contributed by atoms with van der Waals surface area (Å²) in [4.78, 5) is 31.7. The first-order valence-electron chi connectivity index (χ1n) is 16.0. The van der Waals surface area contributed by atoms with Crippen molar-refractivity contribution in [1.82, 2.24) is 25.3 Å². The van der Waals surface area contributed by atoms with Crippen molar-refractivity contribution in [3.63, 3.8) is 0 Å². The Hall–Kier alpha value is -5.30. The Morgan fingerprint density at radius 2 is 1.53 bits per heavy atom. The van der Waals surface area contributed by atoms with E-state index in [1.807, 2.05) is 70.7 Å². The molecule has 10 nitrogen and oxygen atoms in total. The van der Waals surface area contributed by atoms with Crippen molar-refractivity contribution in [3.05, 3.63) is 94.8 Å². The molecule has 0 atom stereocenters. The summed E-state index contributed by atoms with van der Waals surface area (Å²) in [6.07, 6.45) is 4.08. The van der Waals surface area contributed by atoms with Crippen LogP contribution in [0, 0.1) is 11.6 Å². The maximum atomic E-state index is 15.4. The van der Waals surface area contributed by atoms with Gasteiger partial charge in [-0.15, -0.1) is 0 Å². The Kier molecular flexibility index (Phi) is 9.12. The molecule has 0 fully saturated rings. The van der Waals surface area contributed by atoms with Crippen molar-refractivity contribution in [1.29, 1.82) is 0 Å². The summed E-state index contributed by atoms with van der Waals surface area (Å²) in [6.45, 7) is 5.06. The molecule has 0 aliphatic carbocycles. The summed E-state index contributed by atoms with van der Waals surface area (Å²) in [5, 5.41) is 5.15. The molecule has 4 N–H and O–H groups in total. The van der Waals surface area contributed by atoms with Gasteiger partial charge in [0.05, 0.1) is 17.7 Å². The van der Waals surface area contributed by atoms with Crippen LogP contribution in [0.5, 0.6) is 5.88 Å². The number of nitrogen functional groups attached to an aromatic ring is 1. The van der Waals surface area contributed by atoms with E-state index < -0.39 is 8.07 Å². The number of carbonyl (C=O) groups is 1. The number of fused-ring (bicyclic) bond motifs is 3. The Labute approximate surface area is 285 Å². The van der Waals surface area contributed by atoms with Crippen LogP contribution in [0.3, 0.4) is 0 Å². The van der Waals surface area contributed by atoms with Gasteiger partial charge in [-0.2, -0.15) is 9.97 Å². The highest BCUT2D eigenvalue weighted by Gasteiger charge is 2.38. The van der Waals surface area contributed by atoms with E-state index >= 15 is 8.78 Å². The van der Waals surface area contributed by atoms with E-state index in [9.17, 15) is 4.79 Å². The molecule has 0 unspecified atom stereocenters. The molecule has 0 saturated carbocycles. The number of nitrogens with one attached hydrogen (secondary N) is 2. The molecule has 1 aliphatic rings. The van der Waals surface area contributed by atoms with Crippen LogP contribution < -0.4 is 36.0 Å². The number of carbonyl (C=O) groups excluding carboxylic acids is 1. The fourth-order valence-corrected chi connectivity index (χ4v) is 9.31. The standard InChI is InChI=1S/C36H40F2N8O2Si/c1-45(2)28-16-30-24(14-26(28)37)23(25-15-27(38)29(46(3)4)17-31(25)49(30,5)6)8-7-9-32(47)40-18-21-10-12-22(13-11-21)19-48-35-33-34(42-20-41-33)43-36(39)44-35/h8,10-17,20H,7,9,18-19H2,1-6H3,(H,40,47)(H3,39,41,42,43,44). The van der Waals surface area contributed by atoms with Gasteiger partial charge in [0.2, 0.25) is 17.7 Å². The van der Waals surface area contributed by atoms with Crippen molar-refractivity contribution in [2.45, 2.75) is 39.1 Å². The molecule has 6 rings (SSSR count). The van der Waals surface area contributed by atoms with Crippen LogP contribution >= 0.6 is 0 Å². The van der Waals surface area contributed by atoms with E-state index in [1.54, 1.807) is 21.9 Å². The third kappa shape index (κ3) is 6.71. The highest BCUT2D eigenvalue weighted by Crippen LogP contribution is 2.35.